The molecule has 1 heterocycles. The number of carboxylic acid groups (broad SMARTS) is 2. The van der Waals surface area contributed by atoms with Gasteiger partial charge in [-0.3, -0.25) is 33.6 Å². The van der Waals surface area contributed by atoms with Gasteiger partial charge in [0.25, 0.3) is 0 Å². The van der Waals surface area contributed by atoms with Crippen LogP contribution in [0.5, 0.6) is 0 Å². The summed E-state index contributed by atoms with van der Waals surface area (Å²) in [5.74, 6) is -6.99. The van der Waals surface area contributed by atoms with Crippen molar-refractivity contribution in [2.45, 2.75) is 77.0 Å². The van der Waals surface area contributed by atoms with Gasteiger partial charge in [0.05, 0.1) is 24.7 Å². The monoisotopic (exact) mass is 586 g/mol. The predicted octanol–water partition coefficient (Wildman–Crippen LogP) is -0.895. The van der Waals surface area contributed by atoms with Gasteiger partial charge in [-0.2, -0.15) is 0 Å². The van der Waals surface area contributed by atoms with Crippen molar-refractivity contribution in [2.24, 2.45) is 5.92 Å². The summed E-state index contributed by atoms with van der Waals surface area (Å²) in [5.41, 5.74) is 0.396. The van der Waals surface area contributed by atoms with Gasteiger partial charge in [0, 0.05) is 31.7 Å². The van der Waals surface area contributed by atoms with Crippen LogP contribution < -0.4 is 21.3 Å². The zero-order chi connectivity index (χ0) is 30.4. The van der Waals surface area contributed by atoms with Crippen molar-refractivity contribution in [1.29, 1.82) is 0 Å². The molecule has 1 aromatic rings. The van der Waals surface area contributed by atoms with Crippen molar-refractivity contribution in [3.8, 4) is 0 Å². The largest absolute Gasteiger partial charge is 0.481 e. The van der Waals surface area contributed by atoms with Crippen LogP contribution in [-0.4, -0.2) is 91.6 Å². The van der Waals surface area contributed by atoms with Crippen LogP contribution in [0.4, 0.5) is 0 Å². The lowest BCUT2D eigenvalue weighted by atomic mass is 10.0. The van der Waals surface area contributed by atoms with Crippen molar-refractivity contribution in [2.75, 3.05) is 5.88 Å². The van der Waals surface area contributed by atoms with E-state index < -0.39 is 84.2 Å². The molecular formula is C24H35ClN6O9. The lowest BCUT2D eigenvalue weighted by Gasteiger charge is -2.26. The molecule has 0 fully saturated rings. The highest BCUT2D eigenvalue weighted by Crippen LogP contribution is 2.08. The Bertz CT molecular complexity index is 1060. The van der Waals surface area contributed by atoms with Crippen molar-refractivity contribution in [3.05, 3.63) is 18.2 Å². The van der Waals surface area contributed by atoms with E-state index in [1.54, 1.807) is 0 Å². The predicted molar refractivity (Wildman–Crippen MR) is 140 cm³/mol. The molecule has 0 radical (unpaired) electrons. The fraction of sp³-hybridized carbons (Fsp3) is 0.583. The van der Waals surface area contributed by atoms with E-state index >= 15 is 0 Å². The topological polar surface area (TPSA) is 237 Å². The summed E-state index contributed by atoms with van der Waals surface area (Å²) in [7, 11) is 0. The number of amides is 4. The van der Waals surface area contributed by atoms with E-state index in [9.17, 15) is 33.6 Å². The number of hydrogen-bond acceptors (Lipinski definition) is 8. The first-order chi connectivity index (χ1) is 18.7. The molecule has 0 aliphatic carbocycles. The van der Waals surface area contributed by atoms with Gasteiger partial charge < -0.3 is 36.5 Å². The second-order valence-corrected chi connectivity index (χ2v) is 9.74. The summed E-state index contributed by atoms with van der Waals surface area (Å²) in [5, 5.41) is 27.9. The van der Waals surface area contributed by atoms with E-state index in [4.69, 9.17) is 21.8 Å². The smallest absolute Gasteiger partial charge is 0.305 e. The maximum atomic E-state index is 13.3. The molecule has 0 saturated heterocycles. The average molecular weight is 587 g/mol. The molecule has 0 spiro atoms. The fourth-order valence-electron chi connectivity index (χ4n) is 3.64. The highest BCUT2D eigenvalue weighted by Gasteiger charge is 2.32. The van der Waals surface area contributed by atoms with Crippen LogP contribution in [-0.2, 0) is 40.0 Å². The molecule has 0 aromatic carbocycles. The molecule has 1 aromatic heterocycles. The van der Waals surface area contributed by atoms with Gasteiger partial charge in [0.1, 0.15) is 18.1 Å². The number of alkyl halides is 1. The number of nitrogens with one attached hydrogen (secondary N) is 5. The van der Waals surface area contributed by atoms with Gasteiger partial charge in [0.15, 0.2) is 5.78 Å². The minimum absolute atomic E-state index is 0.00850. The van der Waals surface area contributed by atoms with Crippen molar-refractivity contribution in [1.82, 2.24) is 31.2 Å². The average Bonchev–Trinajstić information content (AvgIpc) is 3.36. The van der Waals surface area contributed by atoms with Crippen LogP contribution in [0.2, 0.25) is 0 Å². The van der Waals surface area contributed by atoms with Crippen molar-refractivity contribution < 1.29 is 43.8 Å². The number of halogens is 1. The van der Waals surface area contributed by atoms with Crippen LogP contribution in [0.3, 0.4) is 0 Å². The first-order valence-corrected chi connectivity index (χ1v) is 12.9. The number of carboxylic acids is 2. The number of nitrogens with zero attached hydrogens (tertiary/aromatic N) is 1. The Kier molecular flexibility index (Phi) is 14.3. The summed E-state index contributed by atoms with van der Waals surface area (Å²) in [6.45, 7) is 4.87. The lowest BCUT2D eigenvalue weighted by Crippen LogP contribution is -2.58. The van der Waals surface area contributed by atoms with E-state index in [0.717, 1.165) is 0 Å². The summed E-state index contributed by atoms with van der Waals surface area (Å²) in [6.07, 6.45) is 1.17. The summed E-state index contributed by atoms with van der Waals surface area (Å²) >= 11 is 5.54. The van der Waals surface area contributed by atoms with E-state index in [1.807, 2.05) is 13.8 Å². The normalized spacial score (nSPS) is 13.8. The highest BCUT2D eigenvalue weighted by atomic mass is 35.5. The quantitative estimate of drug-likeness (QED) is 0.105. The molecule has 1 rings (SSSR count). The first-order valence-electron chi connectivity index (χ1n) is 12.4. The number of aromatic amines is 1. The fourth-order valence-corrected chi connectivity index (χ4v) is 3.83. The molecule has 15 nitrogen and oxygen atoms in total. The number of aromatic nitrogens is 2. The van der Waals surface area contributed by atoms with Gasteiger partial charge in [-0.15, -0.1) is 11.6 Å². The maximum absolute atomic E-state index is 13.3. The van der Waals surface area contributed by atoms with Crippen molar-refractivity contribution in [3.63, 3.8) is 0 Å². The third kappa shape index (κ3) is 12.7. The first kappa shape index (κ1) is 34.0. The van der Waals surface area contributed by atoms with Crippen LogP contribution in [0.1, 0.15) is 52.1 Å². The SMILES string of the molecule is CC(=O)NC(CC(C)C)C(=O)NC(CCC(=O)O)C(=O)NC(Cc1cnc[nH]1)C(=O)NC(CC(=O)O)C(=O)CCl. The number of rotatable bonds is 18. The maximum Gasteiger partial charge on any atom is 0.305 e. The van der Waals surface area contributed by atoms with Gasteiger partial charge >= 0.3 is 11.9 Å². The highest BCUT2D eigenvalue weighted by molar-refractivity contribution is 6.28. The summed E-state index contributed by atoms with van der Waals surface area (Å²) < 4.78 is 0. The van der Waals surface area contributed by atoms with Crippen LogP contribution >= 0.6 is 11.6 Å². The van der Waals surface area contributed by atoms with E-state index in [1.165, 1.54) is 19.4 Å². The Labute approximate surface area is 235 Å². The molecule has 0 aliphatic heterocycles. The molecule has 4 amide bonds. The Morgan fingerprint density at radius 3 is 1.95 bits per heavy atom. The molecule has 0 aliphatic rings. The number of Topliss-reactive ketones (excluding diaryl/α,β-unsaturated/α-hetero) is 1. The van der Waals surface area contributed by atoms with E-state index in [0.29, 0.717) is 5.69 Å². The zero-order valence-electron chi connectivity index (χ0n) is 22.4. The van der Waals surface area contributed by atoms with E-state index in [-0.39, 0.29) is 25.2 Å². The molecule has 222 valence electrons. The van der Waals surface area contributed by atoms with Crippen LogP contribution in [0.25, 0.3) is 0 Å². The second kappa shape index (κ2) is 16.8. The molecule has 7 N–H and O–H groups in total. The van der Waals surface area contributed by atoms with Crippen molar-refractivity contribution >= 4 is 53.0 Å². The molecule has 4 unspecified atom stereocenters. The lowest BCUT2D eigenvalue weighted by molar-refractivity contribution is -0.141. The van der Waals surface area contributed by atoms with Gasteiger partial charge in [-0.05, 0) is 18.8 Å². The molecule has 40 heavy (non-hydrogen) atoms. The van der Waals surface area contributed by atoms with Gasteiger partial charge in [-0.1, -0.05) is 13.8 Å². The zero-order valence-corrected chi connectivity index (χ0v) is 23.1. The second-order valence-electron chi connectivity index (χ2n) is 9.48. The number of hydrogen-bond donors (Lipinski definition) is 7. The Morgan fingerprint density at radius 1 is 0.875 bits per heavy atom. The molecular weight excluding hydrogens is 552 g/mol. The Morgan fingerprint density at radius 2 is 1.45 bits per heavy atom. The molecule has 4 atom stereocenters. The van der Waals surface area contributed by atoms with Crippen LogP contribution in [0.15, 0.2) is 12.5 Å². The number of H-pyrrole nitrogens is 1. The van der Waals surface area contributed by atoms with Gasteiger partial charge in [-0.25, -0.2) is 4.98 Å². The number of aliphatic carboxylic acids is 2. The number of carbonyl (C=O) groups excluding carboxylic acids is 5. The molecule has 0 bridgehead atoms. The minimum Gasteiger partial charge on any atom is -0.481 e. The summed E-state index contributed by atoms with van der Waals surface area (Å²) in [6, 6.07) is -5.28. The standard InChI is InChI=1S/C24H35ClN6O9/c1-12(2)6-17(28-13(3)32)23(39)29-15(4-5-20(34)35)22(38)31-18(7-14-10-26-11-27-14)24(40)30-16(8-21(36)37)19(33)9-25/h10-12,15-18H,4-9H2,1-3H3,(H,26,27)(H,28,32)(H,29,39)(H,30,40)(H,31,38)(H,34,35)(H,36,37). The third-order valence-corrected chi connectivity index (χ3v) is 5.77. The Hall–Kier alpha value is -4.01. The van der Waals surface area contributed by atoms with Crippen LogP contribution in [0, 0.1) is 5.92 Å². The summed E-state index contributed by atoms with van der Waals surface area (Å²) in [4.78, 5) is 92.0. The molecule has 0 saturated carbocycles. The molecule has 16 heteroatoms. The number of carbonyl (C=O) groups is 7. The van der Waals surface area contributed by atoms with E-state index in [2.05, 4.69) is 31.2 Å². The minimum atomic E-state index is -1.47. The third-order valence-electron chi connectivity index (χ3n) is 5.51. The van der Waals surface area contributed by atoms with Gasteiger partial charge in [0.2, 0.25) is 23.6 Å². The Balaban J connectivity index is 3.21. The number of ketones is 1. The number of imidazole rings is 1.